The number of halogens is 1. The molecule has 1 aromatic carbocycles. The smallest absolute Gasteiger partial charge is 0.136 e. The molecule has 1 heterocycles. The Hall–Kier alpha value is -1.33. The Morgan fingerprint density at radius 3 is 2.55 bits per heavy atom. The van der Waals surface area contributed by atoms with Crippen molar-refractivity contribution in [1.82, 2.24) is 0 Å². The zero-order valence-electron chi connectivity index (χ0n) is 12.9. The number of fused-ring (bicyclic) bond motifs is 1. The SMILES string of the molecule is CC(=O)[C@@H]1[C@H](c2ccc(Br)cc2)[C@@H]2C(C)=NN=C2C[C@]1(C)O. The van der Waals surface area contributed by atoms with Crippen LogP contribution in [0.3, 0.4) is 0 Å². The van der Waals surface area contributed by atoms with Crippen LogP contribution in [0.5, 0.6) is 0 Å². The summed E-state index contributed by atoms with van der Waals surface area (Å²) in [5.41, 5.74) is 1.74. The molecule has 0 bridgehead atoms. The normalized spacial score (nSPS) is 34.0. The van der Waals surface area contributed by atoms with Crippen LogP contribution in [0.25, 0.3) is 0 Å². The summed E-state index contributed by atoms with van der Waals surface area (Å²) in [5.74, 6) is -0.563. The minimum Gasteiger partial charge on any atom is -0.389 e. The van der Waals surface area contributed by atoms with E-state index in [1.54, 1.807) is 13.8 Å². The summed E-state index contributed by atoms with van der Waals surface area (Å²) in [4.78, 5) is 12.3. The predicted octanol–water partition coefficient (Wildman–Crippen LogP) is 3.34. The van der Waals surface area contributed by atoms with E-state index < -0.39 is 11.5 Å². The number of benzene rings is 1. The quantitative estimate of drug-likeness (QED) is 0.876. The molecule has 5 heteroatoms. The number of nitrogens with zero attached hydrogens (tertiary/aromatic N) is 2. The van der Waals surface area contributed by atoms with Gasteiger partial charge in [0.2, 0.25) is 0 Å². The van der Waals surface area contributed by atoms with Gasteiger partial charge in [0.1, 0.15) is 5.78 Å². The van der Waals surface area contributed by atoms with Crippen LogP contribution in [0.1, 0.15) is 38.7 Å². The van der Waals surface area contributed by atoms with E-state index in [4.69, 9.17) is 0 Å². The molecule has 1 saturated carbocycles. The van der Waals surface area contributed by atoms with Gasteiger partial charge in [0, 0.05) is 28.4 Å². The zero-order valence-corrected chi connectivity index (χ0v) is 14.5. The fraction of sp³-hybridized carbons (Fsp3) is 0.471. The first kappa shape index (κ1) is 15.6. The second kappa shape index (κ2) is 5.39. The Balaban J connectivity index is 2.14. The Morgan fingerprint density at radius 2 is 1.95 bits per heavy atom. The highest BCUT2D eigenvalue weighted by Gasteiger charge is 2.53. The van der Waals surface area contributed by atoms with Gasteiger partial charge < -0.3 is 5.11 Å². The maximum atomic E-state index is 12.3. The standard InChI is InChI=1S/C17H19BrN2O2/c1-9-14-13(20-19-9)8-17(3,22)16(10(2)21)15(14)11-4-6-12(18)7-5-11/h4-7,14-16,22H,8H2,1-3H3/t14-,15-,16-,17+/m1/s1. The van der Waals surface area contributed by atoms with Crippen molar-refractivity contribution in [2.45, 2.75) is 38.7 Å². The molecule has 0 amide bonds. The van der Waals surface area contributed by atoms with Crippen molar-refractivity contribution in [3.05, 3.63) is 34.3 Å². The molecule has 0 radical (unpaired) electrons. The summed E-state index contributed by atoms with van der Waals surface area (Å²) in [5, 5.41) is 19.3. The van der Waals surface area contributed by atoms with Crippen molar-refractivity contribution < 1.29 is 9.90 Å². The first-order valence-electron chi connectivity index (χ1n) is 7.40. The van der Waals surface area contributed by atoms with E-state index in [0.29, 0.717) is 6.42 Å². The summed E-state index contributed by atoms with van der Waals surface area (Å²) >= 11 is 3.44. The average molecular weight is 363 g/mol. The van der Waals surface area contributed by atoms with Crippen LogP contribution >= 0.6 is 15.9 Å². The van der Waals surface area contributed by atoms with Crippen molar-refractivity contribution in [1.29, 1.82) is 0 Å². The van der Waals surface area contributed by atoms with Crippen LogP contribution in [0, 0.1) is 11.8 Å². The minimum atomic E-state index is -1.10. The van der Waals surface area contributed by atoms with Crippen LogP contribution in [-0.2, 0) is 4.79 Å². The first-order valence-corrected chi connectivity index (χ1v) is 8.20. The summed E-state index contributed by atoms with van der Waals surface area (Å²) in [6.07, 6.45) is 0.399. The number of aliphatic hydroxyl groups is 1. The van der Waals surface area contributed by atoms with Crippen LogP contribution < -0.4 is 0 Å². The molecule has 1 N–H and O–H groups in total. The number of hydrogen-bond acceptors (Lipinski definition) is 4. The molecule has 2 aliphatic rings. The molecule has 3 rings (SSSR count). The molecule has 1 aromatic rings. The van der Waals surface area contributed by atoms with Crippen molar-refractivity contribution in [3.8, 4) is 0 Å². The average Bonchev–Trinajstić information content (AvgIpc) is 2.77. The number of carbonyl (C=O) groups excluding carboxylic acids is 1. The lowest BCUT2D eigenvalue weighted by atomic mass is 9.59. The maximum absolute atomic E-state index is 12.3. The molecule has 1 fully saturated rings. The van der Waals surface area contributed by atoms with Gasteiger partial charge in [-0.1, -0.05) is 28.1 Å². The third-order valence-corrected chi connectivity index (χ3v) is 5.29. The van der Waals surface area contributed by atoms with Crippen molar-refractivity contribution in [2.24, 2.45) is 22.0 Å². The number of rotatable bonds is 2. The highest BCUT2D eigenvalue weighted by Crippen LogP contribution is 2.48. The fourth-order valence-electron chi connectivity index (χ4n) is 3.94. The number of carbonyl (C=O) groups is 1. The fourth-order valence-corrected chi connectivity index (χ4v) is 4.20. The van der Waals surface area contributed by atoms with Gasteiger partial charge in [0.15, 0.2) is 0 Å². The van der Waals surface area contributed by atoms with Gasteiger partial charge in [-0.2, -0.15) is 10.2 Å². The summed E-state index contributed by atoms with van der Waals surface area (Å²) in [7, 11) is 0. The van der Waals surface area contributed by atoms with Gasteiger partial charge in [0.05, 0.1) is 17.2 Å². The van der Waals surface area contributed by atoms with Crippen LogP contribution in [0.4, 0.5) is 0 Å². The molecule has 4 atom stereocenters. The van der Waals surface area contributed by atoms with Gasteiger partial charge in [-0.3, -0.25) is 4.79 Å². The van der Waals surface area contributed by atoms with Gasteiger partial charge in [-0.05, 0) is 38.5 Å². The molecule has 0 spiro atoms. The van der Waals surface area contributed by atoms with Crippen LogP contribution in [-0.4, -0.2) is 27.9 Å². The molecule has 116 valence electrons. The van der Waals surface area contributed by atoms with Crippen LogP contribution in [0.15, 0.2) is 38.9 Å². The number of hydrogen-bond donors (Lipinski definition) is 1. The summed E-state index contributed by atoms with van der Waals surface area (Å²) in [6.45, 7) is 5.25. The van der Waals surface area contributed by atoms with E-state index in [1.807, 2.05) is 31.2 Å². The molecule has 1 aliphatic heterocycles. The summed E-state index contributed by atoms with van der Waals surface area (Å²) < 4.78 is 0.990. The molecule has 0 saturated heterocycles. The molecule has 0 unspecified atom stereocenters. The third kappa shape index (κ3) is 2.46. The first-order chi connectivity index (χ1) is 10.3. The highest BCUT2D eigenvalue weighted by atomic mass is 79.9. The van der Waals surface area contributed by atoms with E-state index >= 15 is 0 Å². The molecule has 22 heavy (non-hydrogen) atoms. The monoisotopic (exact) mass is 362 g/mol. The predicted molar refractivity (Wildman–Crippen MR) is 90.3 cm³/mol. The number of ketones is 1. The van der Waals surface area contributed by atoms with Gasteiger partial charge >= 0.3 is 0 Å². The van der Waals surface area contributed by atoms with E-state index in [1.165, 1.54) is 0 Å². The third-order valence-electron chi connectivity index (χ3n) is 4.77. The van der Waals surface area contributed by atoms with E-state index in [2.05, 4.69) is 26.1 Å². The topological polar surface area (TPSA) is 62.0 Å². The number of Topliss-reactive ketones (excluding diaryl/α,β-unsaturated/α-hetero) is 1. The molecule has 0 aromatic heterocycles. The highest BCUT2D eigenvalue weighted by molar-refractivity contribution is 9.10. The Labute approximate surface area is 138 Å². The molecule has 4 nitrogen and oxygen atoms in total. The minimum absolute atomic E-state index is 0.00954. The van der Waals surface area contributed by atoms with E-state index in [0.717, 1.165) is 21.5 Å². The Kier molecular flexibility index (Phi) is 3.81. The molecule has 1 aliphatic carbocycles. The van der Waals surface area contributed by atoms with Gasteiger partial charge in [-0.25, -0.2) is 0 Å². The summed E-state index contributed by atoms with van der Waals surface area (Å²) in [6, 6.07) is 7.95. The Morgan fingerprint density at radius 1 is 1.32 bits per heavy atom. The lowest BCUT2D eigenvalue weighted by Crippen LogP contribution is -2.53. The van der Waals surface area contributed by atoms with Crippen molar-refractivity contribution in [2.75, 3.05) is 0 Å². The van der Waals surface area contributed by atoms with Crippen molar-refractivity contribution in [3.63, 3.8) is 0 Å². The van der Waals surface area contributed by atoms with Crippen molar-refractivity contribution >= 4 is 33.1 Å². The lowest BCUT2D eigenvalue weighted by molar-refractivity contribution is -0.131. The maximum Gasteiger partial charge on any atom is 0.136 e. The lowest BCUT2D eigenvalue weighted by Gasteiger charge is -2.45. The van der Waals surface area contributed by atoms with Crippen LogP contribution in [0.2, 0.25) is 0 Å². The second-order valence-electron chi connectivity index (χ2n) is 6.51. The van der Waals surface area contributed by atoms with E-state index in [9.17, 15) is 9.90 Å². The Bertz CT molecular complexity index is 676. The van der Waals surface area contributed by atoms with E-state index in [-0.39, 0.29) is 17.6 Å². The largest absolute Gasteiger partial charge is 0.389 e. The van der Waals surface area contributed by atoms with Gasteiger partial charge in [0.25, 0.3) is 0 Å². The molecular formula is C17H19BrN2O2. The molecular weight excluding hydrogens is 344 g/mol. The second-order valence-corrected chi connectivity index (χ2v) is 7.43. The zero-order chi connectivity index (χ0) is 16.1. The van der Waals surface area contributed by atoms with Gasteiger partial charge in [-0.15, -0.1) is 0 Å².